The van der Waals surface area contributed by atoms with Gasteiger partial charge in [-0.2, -0.15) is 4.68 Å². The quantitative estimate of drug-likeness (QED) is 0.248. The van der Waals surface area contributed by atoms with Crippen LogP contribution in [-0.2, 0) is 17.9 Å². The zero-order valence-electron chi connectivity index (χ0n) is 22.0. The van der Waals surface area contributed by atoms with Crippen LogP contribution in [0.4, 0.5) is 0 Å². The van der Waals surface area contributed by atoms with E-state index in [2.05, 4.69) is 48.6 Å². The lowest BCUT2D eigenvalue weighted by Gasteiger charge is -2.36. The number of benzene rings is 2. The van der Waals surface area contributed by atoms with Crippen LogP contribution < -0.4 is 5.56 Å². The van der Waals surface area contributed by atoms with Gasteiger partial charge in [0.05, 0.1) is 22.2 Å². The number of ether oxygens (including phenoxy) is 1. The molecule has 3 aromatic heterocycles. The van der Waals surface area contributed by atoms with Gasteiger partial charge in [-0.25, -0.2) is 9.78 Å². The summed E-state index contributed by atoms with van der Waals surface area (Å²) in [7, 11) is 0. The molecular formula is C31H28N4O3S. The molecule has 0 spiro atoms. The molecule has 0 amide bonds. The number of hydrogen-bond acceptors (Lipinski definition) is 7. The van der Waals surface area contributed by atoms with Gasteiger partial charge < -0.3 is 4.74 Å². The SMILES string of the molecule is CC(C)(C)C1C/C(=C\c2cccs2)c2nc3ccccc3c(C(=O)OCn3nnc4ccccc4c3=O)c2C1. The van der Waals surface area contributed by atoms with E-state index in [1.165, 1.54) is 0 Å². The number of carbonyl (C=O) groups excluding carboxylic acids is 1. The summed E-state index contributed by atoms with van der Waals surface area (Å²) in [5.74, 6) is -0.198. The maximum atomic E-state index is 13.8. The molecule has 1 atom stereocenters. The van der Waals surface area contributed by atoms with Crippen molar-refractivity contribution in [3.05, 3.63) is 98.1 Å². The van der Waals surface area contributed by atoms with Crippen LogP contribution in [0.25, 0.3) is 33.5 Å². The molecule has 1 aliphatic rings. The van der Waals surface area contributed by atoms with Crippen molar-refractivity contribution in [1.82, 2.24) is 20.0 Å². The van der Waals surface area contributed by atoms with Crippen LogP contribution in [-0.4, -0.2) is 25.9 Å². The van der Waals surface area contributed by atoms with Crippen LogP contribution in [0.2, 0.25) is 0 Å². The minimum absolute atomic E-state index is 0.0209. The van der Waals surface area contributed by atoms with Crippen molar-refractivity contribution in [1.29, 1.82) is 0 Å². The molecule has 1 aliphatic carbocycles. The number of allylic oxidation sites excluding steroid dienone is 1. The summed E-state index contributed by atoms with van der Waals surface area (Å²) >= 11 is 1.68. The van der Waals surface area contributed by atoms with Crippen molar-refractivity contribution in [2.75, 3.05) is 0 Å². The van der Waals surface area contributed by atoms with Crippen LogP contribution in [0.15, 0.2) is 70.8 Å². The lowest BCUT2D eigenvalue weighted by atomic mass is 9.69. The highest BCUT2D eigenvalue weighted by molar-refractivity contribution is 7.10. The minimum atomic E-state index is -0.503. The smallest absolute Gasteiger partial charge is 0.340 e. The summed E-state index contributed by atoms with van der Waals surface area (Å²) in [6.45, 7) is 6.38. The van der Waals surface area contributed by atoms with Gasteiger partial charge in [0.15, 0.2) is 6.73 Å². The summed E-state index contributed by atoms with van der Waals surface area (Å²) in [5, 5.41) is 11.3. The number of esters is 1. The van der Waals surface area contributed by atoms with Gasteiger partial charge in [0, 0.05) is 10.3 Å². The molecule has 0 saturated carbocycles. The van der Waals surface area contributed by atoms with Gasteiger partial charge >= 0.3 is 5.97 Å². The molecule has 0 saturated heterocycles. The summed E-state index contributed by atoms with van der Waals surface area (Å²) in [6, 6.07) is 18.8. The molecule has 0 bridgehead atoms. The number of hydrogen-bond donors (Lipinski definition) is 0. The number of aromatic nitrogens is 4. The van der Waals surface area contributed by atoms with E-state index >= 15 is 0 Å². The Morgan fingerprint density at radius 2 is 1.77 bits per heavy atom. The maximum Gasteiger partial charge on any atom is 0.340 e. The summed E-state index contributed by atoms with van der Waals surface area (Å²) in [5.41, 5.74) is 4.26. The van der Waals surface area contributed by atoms with E-state index in [1.807, 2.05) is 30.3 Å². The fraction of sp³-hybridized carbons (Fsp3) is 0.258. The molecule has 8 heteroatoms. The van der Waals surface area contributed by atoms with Crippen molar-refractivity contribution in [2.24, 2.45) is 11.3 Å². The average Bonchev–Trinajstić information content (AvgIpc) is 3.44. The van der Waals surface area contributed by atoms with E-state index in [0.717, 1.165) is 43.7 Å². The van der Waals surface area contributed by atoms with Crippen LogP contribution in [0.5, 0.6) is 0 Å². The molecule has 0 radical (unpaired) electrons. The summed E-state index contributed by atoms with van der Waals surface area (Å²) < 4.78 is 6.84. The van der Waals surface area contributed by atoms with E-state index in [-0.39, 0.29) is 17.7 Å². The maximum absolute atomic E-state index is 13.8. The largest absolute Gasteiger partial charge is 0.439 e. The Morgan fingerprint density at radius 1 is 1.03 bits per heavy atom. The topological polar surface area (TPSA) is 87.0 Å². The highest BCUT2D eigenvalue weighted by Gasteiger charge is 2.35. The van der Waals surface area contributed by atoms with Crippen molar-refractivity contribution in [3.8, 4) is 0 Å². The minimum Gasteiger partial charge on any atom is -0.439 e. The molecule has 6 rings (SSSR count). The van der Waals surface area contributed by atoms with Gasteiger partial charge in [-0.1, -0.05) is 62.4 Å². The molecule has 196 valence electrons. The third-order valence-corrected chi connectivity index (χ3v) is 8.27. The van der Waals surface area contributed by atoms with Crippen molar-refractivity contribution >= 4 is 50.8 Å². The molecule has 0 fully saturated rings. The standard InChI is InChI=1S/C31H28N4O3S/c1-31(2,3)20-15-19(16-21-9-8-14-39-21)28-24(17-20)27(22-10-4-6-12-25(22)32-28)30(37)38-18-35-29(36)23-11-5-7-13-26(23)33-34-35/h4-14,16,20H,15,17-18H2,1-3H3/b19-16+. The summed E-state index contributed by atoms with van der Waals surface area (Å²) in [4.78, 5) is 33.0. The van der Waals surface area contributed by atoms with E-state index in [9.17, 15) is 9.59 Å². The molecular weight excluding hydrogens is 508 g/mol. The number of fused-ring (bicyclic) bond motifs is 3. The van der Waals surface area contributed by atoms with Crippen LogP contribution in [0.3, 0.4) is 0 Å². The van der Waals surface area contributed by atoms with E-state index in [4.69, 9.17) is 9.72 Å². The van der Waals surface area contributed by atoms with Crippen LogP contribution in [0.1, 0.15) is 53.7 Å². The van der Waals surface area contributed by atoms with Crippen LogP contribution >= 0.6 is 11.3 Å². The first kappa shape index (κ1) is 25.1. The first-order valence-electron chi connectivity index (χ1n) is 13.0. The van der Waals surface area contributed by atoms with Crippen LogP contribution in [0, 0.1) is 11.3 Å². The van der Waals surface area contributed by atoms with Gasteiger partial charge in [0.25, 0.3) is 5.56 Å². The molecule has 7 nitrogen and oxygen atoms in total. The first-order valence-corrected chi connectivity index (χ1v) is 13.8. The van der Waals surface area contributed by atoms with Crippen molar-refractivity contribution < 1.29 is 9.53 Å². The van der Waals surface area contributed by atoms with Crippen molar-refractivity contribution in [3.63, 3.8) is 0 Å². The number of nitrogens with zero attached hydrogens (tertiary/aromatic N) is 4. The zero-order valence-corrected chi connectivity index (χ0v) is 22.9. The normalized spacial score (nSPS) is 16.5. The second kappa shape index (κ2) is 9.85. The number of carbonyl (C=O) groups is 1. The molecule has 0 N–H and O–H groups in total. The number of para-hydroxylation sites is 1. The average molecular weight is 537 g/mol. The van der Waals surface area contributed by atoms with Crippen molar-refractivity contribution in [2.45, 2.75) is 40.3 Å². The fourth-order valence-electron chi connectivity index (χ4n) is 5.21. The van der Waals surface area contributed by atoms with Gasteiger partial charge in [0.1, 0.15) is 5.52 Å². The molecule has 0 aliphatic heterocycles. The predicted molar refractivity (Wildman–Crippen MR) is 154 cm³/mol. The Kier molecular flexibility index (Phi) is 6.35. The number of thiophene rings is 1. The Hall–Kier alpha value is -4.17. The molecule has 3 heterocycles. The summed E-state index contributed by atoms with van der Waals surface area (Å²) in [6.07, 6.45) is 3.78. The third kappa shape index (κ3) is 4.76. The highest BCUT2D eigenvalue weighted by Crippen LogP contribution is 2.45. The van der Waals surface area contributed by atoms with E-state index in [0.29, 0.717) is 28.8 Å². The zero-order chi connectivity index (χ0) is 27.1. The first-order chi connectivity index (χ1) is 18.8. The van der Waals surface area contributed by atoms with E-state index in [1.54, 1.807) is 35.6 Å². The second-order valence-corrected chi connectivity index (χ2v) is 11.9. The monoisotopic (exact) mass is 536 g/mol. The Bertz CT molecular complexity index is 1800. The Morgan fingerprint density at radius 3 is 2.51 bits per heavy atom. The van der Waals surface area contributed by atoms with Gasteiger partial charge in [-0.15, -0.1) is 16.4 Å². The lowest BCUT2D eigenvalue weighted by molar-refractivity contribution is 0.0336. The third-order valence-electron chi connectivity index (χ3n) is 7.45. The molecule has 1 unspecified atom stereocenters. The van der Waals surface area contributed by atoms with Gasteiger partial charge in [-0.3, -0.25) is 4.79 Å². The lowest BCUT2D eigenvalue weighted by Crippen LogP contribution is -2.29. The molecule has 39 heavy (non-hydrogen) atoms. The number of rotatable bonds is 4. The number of pyridine rings is 1. The fourth-order valence-corrected chi connectivity index (χ4v) is 5.90. The van der Waals surface area contributed by atoms with Gasteiger partial charge in [0.2, 0.25) is 0 Å². The van der Waals surface area contributed by atoms with E-state index < -0.39 is 5.97 Å². The molecule has 2 aromatic carbocycles. The second-order valence-electron chi connectivity index (χ2n) is 11.0. The van der Waals surface area contributed by atoms with Gasteiger partial charge in [-0.05, 0) is 71.0 Å². The molecule has 5 aromatic rings. The Balaban J connectivity index is 1.45. The Labute approximate surface area is 229 Å². The predicted octanol–water partition coefficient (Wildman–Crippen LogP) is 6.36. The highest BCUT2D eigenvalue weighted by atomic mass is 32.1.